The summed E-state index contributed by atoms with van der Waals surface area (Å²) in [7, 11) is 0. The molecule has 0 spiro atoms. The third-order valence-electron chi connectivity index (χ3n) is 14.8. The highest BCUT2D eigenvalue weighted by Gasteiger charge is 2.42. The third-order valence-corrected chi connectivity index (χ3v) is 14.8. The molecule has 0 saturated heterocycles. The Balaban J connectivity index is 1.13. The molecule has 7 aromatic carbocycles. The molecule has 2 aliphatic carbocycles. The van der Waals surface area contributed by atoms with E-state index in [9.17, 15) is 0 Å². The Morgan fingerprint density at radius 3 is 1.25 bits per heavy atom. The van der Waals surface area contributed by atoms with Gasteiger partial charge in [0.05, 0.1) is 0 Å². The lowest BCUT2D eigenvalue weighted by molar-refractivity contribution is 0.398. The summed E-state index contributed by atoms with van der Waals surface area (Å²) in [6.07, 6.45) is 24.3. The van der Waals surface area contributed by atoms with Crippen molar-refractivity contribution in [2.24, 2.45) is 0 Å². The molecule has 0 N–H and O–H groups in total. The van der Waals surface area contributed by atoms with Crippen LogP contribution in [-0.2, 0) is 11.8 Å². The number of aryl methyl sites for hydroxylation is 1. The van der Waals surface area contributed by atoms with Crippen molar-refractivity contribution in [2.75, 3.05) is 0 Å². The molecule has 7 aromatic rings. The first-order valence-corrected chi connectivity index (χ1v) is 25.6. The predicted octanol–water partition coefficient (Wildman–Crippen LogP) is 19.4. The van der Waals surface area contributed by atoms with Gasteiger partial charge in [0.25, 0.3) is 0 Å². The summed E-state index contributed by atoms with van der Waals surface area (Å²) in [4.78, 5) is 0. The Morgan fingerprint density at radius 2 is 0.754 bits per heavy atom. The van der Waals surface area contributed by atoms with Gasteiger partial charge in [0, 0.05) is 5.41 Å². The number of fused-ring (bicyclic) bond motifs is 6. The minimum Gasteiger partial charge on any atom is -0.0654 e. The van der Waals surface area contributed by atoms with Gasteiger partial charge < -0.3 is 0 Å². The van der Waals surface area contributed by atoms with E-state index in [1.54, 1.807) is 11.1 Å². The lowest BCUT2D eigenvalue weighted by Gasteiger charge is -2.33. The molecular formula is C65H70. The fraction of sp³-hybridized carbons (Fsp3) is 0.323. The molecule has 0 heterocycles. The second-order valence-corrected chi connectivity index (χ2v) is 19.3. The zero-order valence-corrected chi connectivity index (χ0v) is 39.6. The molecule has 2 aliphatic rings. The maximum Gasteiger partial charge on any atom is 0.0215 e. The van der Waals surface area contributed by atoms with Gasteiger partial charge in [-0.1, -0.05) is 238 Å². The van der Waals surface area contributed by atoms with Gasteiger partial charge in [0.2, 0.25) is 0 Å². The Hall–Kier alpha value is -5.72. The van der Waals surface area contributed by atoms with Crippen molar-refractivity contribution in [3.05, 3.63) is 191 Å². The largest absolute Gasteiger partial charge is 0.0654 e. The van der Waals surface area contributed by atoms with Crippen LogP contribution in [0.2, 0.25) is 0 Å². The molecule has 0 unspecified atom stereocenters. The van der Waals surface area contributed by atoms with Crippen LogP contribution in [0.15, 0.2) is 158 Å². The van der Waals surface area contributed by atoms with Crippen LogP contribution >= 0.6 is 0 Å². The van der Waals surface area contributed by atoms with Crippen LogP contribution in [0.3, 0.4) is 0 Å². The van der Waals surface area contributed by atoms with E-state index >= 15 is 0 Å². The van der Waals surface area contributed by atoms with Gasteiger partial charge in [-0.05, 0) is 151 Å². The van der Waals surface area contributed by atoms with Crippen molar-refractivity contribution < 1.29 is 0 Å². The standard InChI is InChI=1S/C65H70/c1-4-7-10-12-14-22-41-65(42-23-15-13-11-8-5-2)63-46-54(51-27-20-17-21-28-51)35-39-58(63)59-40-36-55(47-64(59)65)53-34-38-57-56-37-33-52(50-25-18-16-19-26-50)44-61(56)60(62(57)45-53)43-49-31-29-48(30-32-49)24-9-6-3/h16-21,25-40,43-47H,4-15,22-24,41-42H2,1-3H3/b60-43-. The number of hydrogen-bond donors (Lipinski definition) is 0. The van der Waals surface area contributed by atoms with E-state index in [2.05, 4.69) is 185 Å². The first kappa shape index (κ1) is 44.5. The van der Waals surface area contributed by atoms with Crippen LogP contribution in [0.25, 0.3) is 67.3 Å². The molecule has 330 valence electrons. The monoisotopic (exact) mass is 851 g/mol. The molecule has 0 aromatic heterocycles. The van der Waals surface area contributed by atoms with Crippen molar-refractivity contribution in [1.82, 2.24) is 0 Å². The SMILES string of the molecule is CCCCCCCCC1(CCCCCCCC)c2cc(-c3ccccc3)ccc2-c2ccc(-c3ccc4c(c3)/C(=C\c3ccc(CCCC)cc3)c3cc(-c5ccccc5)ccc3-4)cc21. The van der Waals surface area contributed by atoms with Crippen molar-refractivity contribution in [3.63, 3.8) is 0 Å². The smallest absolute Gasteiger partial charge is 0.0215 e. The van der Waals surface area contributed by atoms with Crippen molar-refractivity contribution in [2.45, 2.75) is 135 Å². The highest BCUT2D eigenvalue weighted by Crippen LogP contribution is 2.56. The molecule has 0 radical (unpaired) electrons. The van der Waals surface area contributed by atoms with E-state index in [1.807, 2.05) is 0 Å². The fourth-order valence-electron chi connectivity index (χ4n) is 11.2. The highest BCUT2D eigenvalue weighted by molar-refractivity contribution is 6.08. The van der Waals surface area contributed by atoms with Crippen LogP contribution in [0.1, 0.15) is 157 Å². The van der Waals surface area contributed by atoms with Gasteiger partial charge in [0.1, 0.15) is 0 Å². The minimum absolute atomic E-state index is 0.00383. The molecule has 0 nitrogen and oxygen atoms in total. The van der Waals surface area contributed by atoms with E-state index in [1.165, 1.54) is 186 Å². The Kier molecular flexibility index (Phi) is 14.4. The van der Waals surface area contributed by atoms with Gasteiger partial charge in [-0.3, -0.25) is 0 Å². The first-order chi connectivity index (χ1) is 32.1. The van der Waals surface area contributed by atoms with Crippen molar-refractivity contribution >= 4 is 11.6 Å². The van der Waals surface area contributed by atoms with Crippen molar-refractivity contribution in [1.29, 1.82) is 0 Å². The molecule has 0 heteroatoms. The van der Waals surface area contributed by atoms with Gasteiger partial charge in [0.15, 0.2) is 0 Å². The van der Waals surface area contributed by atoms with Crippen LogP contribution in [-0.4, -0.2) is 0 Å². The van der Waals surface area contributed by atoms with Gasteiger partial charge in [-0.2, -0.15) is 0 Å². The van der Waals surface area contributed by atoms with Crippen LogP contribution < -0.4 is 0 Å². The molecule has 0 atom stereocenters. The van der Waals surface area contributed by atoms with E-state index < -0.39 is 0 Å². The average Bonchev–Trinajstić information content (AvgIpc) is 3.81. The summed E-state index contributed by atoms with van der Waals surface area (Å²) >= 11 is 0. The summed E-state index contributed by atoms with van der Waals surface area (Å²) in [5, 5.41) is 0. The van der Waals surface area contributed by atoms with Crippen LogP contribution in [0.5, 0.6) is 0 Å². The quantitative estimate of drug-likeness (QED) is 0.0632. The third kappa shape index (κ3) is 9.65. The molecule has 0 bridgehead atoms. The molecule has 0 amide bonds. The molecule has 9 rings (SSSR count). The van der Waals surface area contributed by atoms with E-state index in [0.717, 1.165) is 6.42 Å². The highest BCUT2D eigenvalue weighted by atomic mass is 14.5. The molecular weight excluding hydrogens is 781 g/mol. The molecule has 0 aliphatic heterocycles. The van der Waals surface area contributed by atoms with Gasteiger partial charge in [-0.15, -0.1) is 0 Å². The zero-order chi connectivity index (χ0) is 44.4. The van der Waals surface area contributed by atoms with Gasteiger partial charge in [-0.25, -0.2) is 0 Å². The normalized spacial score (nSPS) is 13.7. The average molecular weight is 851 g/mol. The van der Waals surface area contributed by atoms with Crippen LogP contribution in [0, 0.1) is 0 Å². The Labute approximate surface area is 391 Å². The maximum absolute atomic E-state index is 2.64. The van der Waals surface area contributed by atoms with E-state index in [0.29, 0.717) is 0 Å². The number of rotatable bonds is 21. The topological polar surface area (TPSA) is 0 Å². The fourth-order valence-corrected chi connectivity index (χ4v) is 11.2. The Morgan fingerprint density at radius 1 is 0.338 bits per heavy atom. The maximum atomic E-state index is 2.64. The van der Waals surface area contributed by atoms with E-state index in [-0.39, 0.29) is 5.41 Å². The predicted molar refractivity (Wildman–Crippen MR) is 282 cm³/mol. The summed E-state index contributed by atoms with van der Waals surface area (Å²) in [5.41, 5.74) is 23.2. The number of hydrogen-bond acceptors (Lipinski definition) is 0. The summed E-state index contributed by atoms with van der Waals surface area (Å²) in [5.74, 6) is 0. The number of unbranched alkanes of at least 4 members (excludes halogenated alkanes) is 11. The lowest BCUT2D eigenvalue weighted by Crippen LogP contribution is -2.25. The summed E-state index contributed by atoms with van der Waals surface area (Å²) in [6, 6.07) is 60.7. The lowest BCUT2D eigenvalue weighted by atomic mass is 9.70. The second-order valence-electron chi connectivity index (χ2n) is 19.3. The first-order valence-electron chi connectivity index (χ1n) is 25.6. The summed E-state index contributed by atoms with van der Waals surface area (Å²) in [6.45, 7) is 6.93. The van der Waals surface area contributed by atoms with Crippen molar-refractivity contribution in [3.8, 4) is 55.6 Å². The molecule has 65 heavy (non-hydrogen) atoms. The molecule has 0 fully saturated rings. The molecule has 0 saturated carbocycles. The second kappa shape index (κ2) is 21.1. The van der Waals surface area contributed by atoms with Gasteiger partial charge >= 0.3 is 0 Å². The van der Waals surface area contributed by atoms with Crippen LogP contribution in [0.4, 0.5) is 0 Å². The number of benzene rings is 7. The Bertz CT molecular complexity index is 2680. The minimum atomic E-state index is -0.00383. The summed E-state index contributed by atoms with van der Waals surface area (Å²) < 4.78 is 0. The van der Waals surface area contributed by atoms with E-state index in [4.69, 9.17) is 0 Å². The zero-order valence-electron chi connectivity index (χ0n) is 39.6.